The lowest BCUT2D eigenvalue weighted by atomic mass is 10.2. The summed E-state index contributed by atoms with van der Waals surface area (Å²) in [5.74, 6) is -3.37. The van der Waals surface area contributed by atoms with Gasteiger partial charge in [0.2, 0.25) is 5.91 Å². The van der Waals surface area contributed by atoms with Crippen LogP contribution >= 0.6 is 0 Å². The Bertz CT molecular complexity index is 1160. The third-order valence-corrected chi connectivity index (χ3v) is 6.19. The Labute approximate surface area is 184 Å². The van der Waals surface area contributed by atoms with Gasteiger partial charge in [0.15, 0.2) is 6.10 Å². The topological polar surface area (TPSA) is 170 Å². The number of imide groups is 2. The molecule has 0 aromatic heterocycles. The summed E-state index contributed by atoms with van der Waals surface area (Å²) in [7, 11) is -9.99. The molecule has 12 nitrogen and oxygen atoms in total. The molecule has 1 atom stereocenters. The molecule has 2 aliphatic heterocycles. The summed E-state index contributed by atoms with van der Waals surface area (Å²) in [5.41, 5.74) is -4.72. The molecular formula is C16H15F3N2O10S2. The van der Waals surface area contributed by atoms with E-state index in [9.17, 15) is 49.2 Å². The van der Waals surface area contributed by atoms with E-state index in [1.54, 1.807) is 17.4 Å². The summed E-state index contributed by atoms with van der Waals surface area (Å²) in [6.07, 6.45) is -2.73. The molecule has 33 heavy (non-hydrogen) atoms. The van der Waals surface area contributed by atoms with Crippen LogP contribution in [0, 0.1) is 6.92 Å². The number of benzene rings is 1. The van der Waals surface area contributed by atoms with Gasteiger partial charge in [0, 0.05) is 12.8 Å². The number of carbonyl (C=O) groups is 4. The van der Waals surface area contributed by atoms with Crippen molar-refractivity contribution in [2.45, 2.75) is 42.7 Å². The molecule has 1 N–H and O–H groups in total. The summed E-state index contributed by atoms with van der Waals surface area (Å²) in [6, 6.07) is 5.92. The fraction of sp³-hybridized carbons (Fsp3) is 0.375. The number of carbonyl (C=O) groups excluding carboxylic acids is 4. The van der Waals surface area contributed by atoms with E-state index in [4.69, 9.17) is 0 Å². The number of alkyl halides is 3. The Morgan fingerprint density at radius 3 is 1.91 bits per heavy atom. The van der Waals surface area contributed by atoms with Crippen molar-refractivity contribution in [1.82, 2.24) is 10.4 Å². The Balaban J connectivity index is 0.000000238. The number of amides is 4. The minimum atomic E-state index is -5.85. The lowest BCUT2D eigenvalue weighted by Crippen LogP contribution is -2.34. The van der Waals surface area contributed by atoms with E-state index in [1.165, 1.54) is 12.1 Å². The highest BCUT2D eigenvalue weighted by atomic mass is 32.2. The lowest BCUT2D eigenvalue weighted by Gasteiger charge is -2.12. The number of halogens is 3. The van der Waals surface area contributed by atoms with Gasteiger partial charge in [-0.15, -0.1) is 9.35 Å². The molecule has 2 fully saturated rings. The quantitative estimate of drug-likeness (QED) is 0.320. The van der Waals surface area contributed by atoms with Crippen LogP contribution in [-0.4, -0.2) is 57.1 Å². The number of hydrogen-bond donors (Lipinski definition) is 1. The van der Waals surface area contributed by atoms with Crippen LogP contribution in [0.2, 0.25) is 0 Å². The maximum atomic E-state index is 11.8. The standard InChI is InChI=1S/C11H11NO5S.C5H4F3NO5S/c1-8-2-4-9(5-3-8)18(15,16)17-12-10(13)6-7-11(12)14;6-5(7,8)15(12,13)14-2-1-3(10)9-4(2)11/h2-5H,6-7H2,1H3;2H,1H2,(H,9,10,11). The molecule has 0 saturated carbocycles. The molecule has 0 radical (unpaired) electrons. The second-order valence-electron chi connectivity index (χ2n) is 6.52. The van der Waals surface area contributed by atoms with E-state index in [2.05, 4.69) is 8.47 Å². The minimum Gasteiger partial charge on any atom is -0.294 e. The van der Waals surface area contributed by atoms with Gasteiger partial charge in [-0.05, 0) is 19.1 Å². The number of hydroxylamine groups is 2. The van der Waals surface area contributed by atoms with Crippen molar-refractivity contribution >= 4 is 43.9 Å². The molecular weight excluding hydrogens is 501 g/mol. The predicted octanol–water partition coefficient (Wildman–Crippen LogP) is 0.0320. The van der Waals surface area contributed by atoms with Gasteiger partial charge in [-0.2, -0.15) is 30.0 Å². The molecule has 2 saturated heterocycles. The van der Waals surface area contributed by atoms with E-state index < -0.39 is 61.9 Å². The van der Waals surface area contributed by atoms with E-state index in [-0.39, 0.29) is 17.7 Å². The molecule has 0 aliphatic carbocycles. The monoisotopic (exact) mass is 516 g/mol. The fourth-order valence-corrected chi connectivity index (χ4v) is 3.79. The molecule has 2 aliphatic rings. The first kappa shape index (κ1) is 26.4. The van der Waals surface area contributed by atoms with Crippen LogP contribution in [-0.2, 0) is 47.9 Å². The SMILES string of the molecule is Cc1ccc(S(=O)(=O)ON2C(=O)CCC2=O)cc1.O=C1CC(OS(=O)(=O)C(F)(F)F)C(=O)N1. The Hall–Kier alpha value is -2.89. The molecule has 1 aromatic rings. The highest BCUT2D eigenvalue weighted by Gasteiger charge is 2.50. The number of rotatable bonds is 5. The van der Waals surface area contributed by atoms with E-state index >= 15 is 0 Å². The van der Waals surface area contributed by atoms with Crippen LogP contribution in [0.3, 0.4) is 0 Å². The first-order valence-corrected chi connectivity index (χ1v) is 11.6. The summed E-state index contributed by atoms with van der Waals surface area (Å²) in [5, 5.41) is 1.92. The zero-order valence-corrected chi connectivity index (χ0v) is 18.1. The van der Waals surface area contributed by atoms with Crippen molar-refractivity contribution in [2.24, 2.45) is 0 Å². The van der Waals surface area contributed by atoms with Crippen molar-refractivity contribution in [3.05, 3.63) is 29.8 Å². The van der Waals surface area contributed by atoms with Crippen LogP contribution in [0.15, 0.2) is 29.2 Å². The summed E-state index contributed by atoms with van der Waals surface area (Å²) < 4.78 is 87.9. The van der Waals surface area contributed by atoms with Crippen molar-refractivity contribution < 1.29 is 57.7 Å². The average molecular weight is 516 g/mol. The minimum absolute atomic E-state index is 0.0255. The normalized spacial score (nSPS) is 19.4. The van der Waals surface area contributed by atoms with Gasteiger partial charge in [-0.1, -0.05) is 17.7 Å². The molecule has 1 unspecified atom stereocenters. The summed E-state index contributed by atoms with van der Waals surface area (Å²) in [6.45, 7) is 1.81. The fourth-order valence-electron chi connectivity index (χ4n) is 2.30. The Morgan fingerprint density at radius 2 is 1.48 bits per heavy atom. The van der Waals surface area contributed by atoms with Crippen molar-refractivity contribution in [3.63, 3.8) is 0 Å². The second kappa shape index (κ2) is 9.54. The van der Waals surface area contributed by atoms with E-state index in [0.717, 1.165) is 5.56 Å². The van der Waals surface area contributed by atoms with Crippen LogP contribution < -0.4 is 5.32 Å². The largest absolute Gasteiger partial charge is 0.523 e. The second-order valence-corrected chi connectivity index (χ2v) is 9.62. The van der Waals surface area contributed by atoms with Crippen LogP contribution in [0.1, 0.15) is 24.8 Å². The van der Waals surface area contributed by atoms with Gasteiger partial charge in [0.1, 0.15) is 0 Å². The van der Waals surface area contributed by atoms with Crippen LogP contribution in [0.4, 0.5) is 13.2 Å². The highest BCUT2D eigenvalue weighted by Crippen LogP contribution is 2.27. The molecule has 17 heteroatoms. The molecule has 1 aromatic carbocycles. The van der Waals surface area contributed by atoms with Gasteiger partial charge < -0.3 is 0 Å². The summed E-state index contributed by atoms with van der Waals surface area (Å²) in [4.78, 5) is 43.6. The predicted molar refractivity (Wildman–Crippen MR) is 98.2 cm³/mol. The first-order chi connectivity index (χ1) is 15.0. The van der Waals surface area contributed by atoms with Gasteiger partial charge in [-0.25, -0.2) is 4.18 Å². The Morgan fingerprint density at radius 1 is 0.970 bits per heavy atom. The van der Waals surface area contributed by atoms with Gasteiger partial charge in [0.05, 0.1) is 11.3 Å². The molecule has 0 spiro atoms. The average Bonchev–Trinajstić information content (AvgIpc) is 3.16. The van der Waals surface area contributed by atoms with Crippen LogP contribution in [0.5, 0.6) is 0 Å². The van der Waals surface area contributed by atoms with Gasteiger partial charge >= 0.3 is 25.7 Å². The molecule has 0 bridgehead atoms. The number of aryl methyl sites for hydroxylation is 1. The molecule has 4 amide bonds. The third kappa shape index (κ3) is 6.56. The number of nitrogens with one attached hydrogen (secondary N) is 1. The summed E-state index contributed by atoms with van der Waals surface area (Å²) >= 11 is 0. The number of hydrogen-bond acceptors (Lipinski definition) is 10. The molecule has 182 valence electrons. The third-order valence-electron chi connectivity index (χ3n) is 3.94. The van der Waals surface area contributed by atoms with Gasteiger partial charge in [-0.3, -0.25) is 24.5 Å². The maximum Gasteiger partial charge on any atom is 0.523 e. The maximum absolute atomic E-state index is 11.8. The highest BCUT2D eigenvalue weighted by molar-refractivity contribution is 7.87. The molecule has 2 heterocycles. The first-order valence-electron chi connectivity index (χ1n) is 8.74. The van der Waals surface area contributed by atoms with Crippen molar-refractivity contribution in [3.8, 4) is 0 Å². The molecule has 3 rings (SSSR count). The smallest absolute Gasteiger partial charge is 0.294 e. The zero-order chi connectivity index (χ0) is 25.2. The lowest BCUT2D eigenvalue weighted by molar-refractivity contribution is -0.163. The zero-order valence-electron chi connectivity index (χ0n) is 16.5. The van der Waals surface area contributed by atoms with Crippen LogP contribution in [0.25, 0.3) is 0 Å². The van der Waals surface area contributed by atoms with E-state index in [1.807, 2.05) is 6.92 Å². The Kier molecular flexibility index (Phi) is 7.62. The van der Waals surface area contributed by atoms with Crippen molar-refractivity contribution in [1.29, 1.82) is 0 Å². The van der Waals surface area contributed by atoms with Crippen molar-refractivity contribution in [2.75, 3.05) is 0 Å². The number of nitrogens with zero attached hydrogens (tertiary/aromatic N) is 1. The van der Waals surface area contributed by atoms with Gasteiger partial charge in [0.25, 0.3) is 17.7 Å². The van der Waals surface area contributed by atoms with E-state index in [0.29, 0.717) is 5.06 Å².